The number of pyridine rings is 1. The Hall–Kier alpha value is -3.80. The number of hydrogen-bond acceptors (Lipinski definition) is 4. The third-order valence-corrected chi connectivity index (χ3v) is 5.44. The summed E-state index contributed by atoms with van der Waals surface area (Å²) in [7, 11) is 3.26. The van der Waals surface area contributed by atoms with Gasteiger partial charge >= 0.3 is 0 Å². The lowest BCUT2D eigenvalue weighted by Crippen LogP contribution is -2.25. The molecule has 0 bridgehead atoms. The molecule has 4 rings (SSSR count). The highest BCUT2D eigenvalue weighted by molar-refractivity contribution is 5.86. The fraction of sp³-hybridized carbons (Fsp3) is 0.200. The maximum atomic E-state index is 13.0. The predicted octanol–water partition coefficient (Wildman–Crippen LogP) is 4.42. The van der Waals surface area contributed by atoms with Gasteiger partial charge in [0.25, 0.3) is 0 Å². The number of methoxy groups -OCH3 is 2. The van der Waals surface area contributed by atoms with Crippen molar-refractivity contribution in [2.45, 2.75) is 18.9 Å². The molecule has 0 saturated carbocycles. The lowest BCUT2D eigenvalue weighted by molar-refractivity contribution is -0.121. The van der Waals surface area contributed by atoms with Crippen LogP contribution in [0.5, 0.6) is 11.5 Å². The Kier molecular flexibility index (Phi) is 6.17. The largest absolute Gasteiger partial charge is 0.497 e. The topological polar surface area (TPSA) is 76.2 Å². The fourth-order valence-electron chi connectivity index (χ4n) is 3.83. The van der Waals surface area contributed by atoms with Crippen LogP contribution in [0.15, 0.2) is 73.2 Å². The molecule has 31 heavy (non-hydrogen) atoms. The van der Waals surface area contributed by atoms with Crippen molar-refractivity contribution >= 4 is 16.8 Å². The van der Waals surface area contributed by atoms with Crippen LogP contribution in [-0.4, -0.2) is 30.1 Å². The number of rotatable bonds is 8. The first-order valence-electron chi connectivity index (χ1n) is 10.1. The smallest absolute Gasteiger partial charge is 0.221 e. The van der Waals surface area contributed by atoms with Gasteiger partial charge in [0.2, 0.25) is 5.91 Å². The predicted molar refractivity (Wildman–Crippen MR) is 120 cm³/mol. The number of H-pyrrole nitrogens is 1. The highest BCUT2D eigenvalue weighted by Gasteiger charge is 2.24. The van der Waals surface area contributed by atoms with Gasteiger partial charge in [-0.05, 0) is 35.4 Å². The van der Waals surface area contributed by atoms with E-state index in [1.165, 1.54) is 0 Å². The van der Waals surface area contributed by atoms with E-state index in [1.54, 1.807) is 26.6 Å². The number of amides is 1. The number of nitrogens with zero attached hydrogens (tertiary/aromatic N) is 1. The SMILES string of the molecule is COc1ccc(C(CC(=O)NCc2ccncc2)c2c[nH]c3ccccc23)c(OC)c1. The molecule has 158 valence electrons. The van der Waals surface area contributed by atoms with Gasteiger partial charge in [-0.1, -0.05) is 24.3 Å². The van der Waals surface area contributed by atoms with Crippen molar-refractivity contribution in [3.05, 3.63) is 89.9 Å². The van der Waals surface area contributed by atoms with Gasteiger partial charge in [0.1, 0.15) is 11.5 Å². The molecule has 6 heteroatoms. The van der Waals surface area contributed by atoms with Crippen LogP contribution in [0.1, 0.15) is 29.0 Å². The minimum atomic E-state index is -0.186. The molecular formula is C25H25N3O3. The number of ether oxygens (including phenoxy) is 2. The number of aromatic amines is 1. The Labute approximate surface area is 181 Å². The number of hydrogen-bond donors (Lipinski definition) is 2. The monoisotopic (exact) mass is 415 g/mol. The number of benzene rings is 2. The molecule has 1 unspecified atom stereocenters. The Bertz CT molecular complexity index is 1170. The normalized spacial score (nSPS) is 11.8. The number of carbonyl (C=O) groups excluding carboxylic acids is 1. The molecule has 1 atom stereocenters. The van der Waals surface area contributed by atoms with Crippen molar-refractivity contribution in [1.82, 2.24) is 15.3 Å². The van der Waals surface area contributed by atoms with Crippen LogP contribution in [0.25, 0.3) is 10.9 Å². The molecule has 2 aromatic heterocycles. The van der Waals surface area contributed by atoms with E-state index in [0.29, 0.717) is 18.0 Å². The number of aromatic nitrogens is 2. The molecule has 6 nitrogen and oxygen atoms in total. The molecule has 0 aliphatic rings. The molecule has 0 aliphatic carbocycles. The Morgan fingerprint density at radius 2 is 1.84 bits per heavy atom. The summed E-state index contributed by atoms with van der Waals surface area (Å²) in [5, 5.41) is 4.12. The number of para-hydroxylation sites is 1. The first kappa shape index (κ1) is 20.5. The van der Waals surface area contributed by atoms with Crippen molar-refractivity contribution in [1.29, 1.82) is 0 Å². The second-order valence-corrected chi connectivity index (χ2v) is 7.29. The molecule has 4 aromatic rings. The van der Waals surface area contributed by atoms with Gasteiger partial charge in [-0.3, -0.25) is 9.78 Å². The van der Waals surface area contributed by atoms with E-state index in [0.717, 1.165) is 27.6 Å². The quantitative estimate of drug-likeness (QED) is 0.447. The van der Waals surface area contributed by atoms with Gasteiger partial charge < -0.3 is 19.8 Å². The third-order valence-electron chi connectivity index (χ3n) is 5.44. The van der Waals surface area contributed by atoms with Gasteiger partial charge in [-0.25, -0.2) is 0 Å². The van der Waals surface area contributed by atoms with E-state index in [-0.39, 0.29) is 18.2 Å². The number of carbonyl (C=O) groups is 1. The molecule has 2 heterocycles. The summed E-state index contributed by atoms with van der Waals surface area (Å²) in [6.45, 7) is 0.460. The average Bonchev–Trinajstić information content (AvgIpc) is 3.25. The summed E-state index contributed by atoms with van der Waals surface area (Å²) in [6.07, 6.45) is 5.71. The zero-order valence-corrected chi connectivity index (χ0v) is 17.6. The van der Waals surface area contributed by atoms with E-state index in [1.807, 2.05) is 54.7 Å². The second kappa shape index (κ2) is 9.34. The lowest BCUT2D eigenvalue weighted by Gasteiger charge is -2.20. The van der Waals surface area contributed by atoms with Crippen molar-refractivity contribution in [3.8, 4) is 11.5 Å². The Morgan fingerprint density at radius 1 is 1.03 bits per heavy atom. The van der Waals surface area contributed by atoms with E-state index < -0.39 is 0 Å². The van der Waals surface area contributed by atoms with Gasteiger partial charge in [0, 0.05) is 60.0 Å². The molecule has 0 radical (unpaired) electrons. The fourth-order valence-corrected chi connectivity index (χ4v) is 3.83. The summed E-state index contributed by atoms with van der Waals surface area (Å²) >= 11 is 0. The summed E-state index contributed by atoms with van der Waals surface area (Å²) in [6, 6.07) is 17.6. The maximum absolute atomic E-state index is 13.0. The molecule has 0 spiro atoms. The van der Waals surface area contributed by atoms with Crippen LogP contribution in [0.4, 0.5) is 0 Å². The van der Waals surface area contributed by atoms with E-state index in [2.05, 4.69) is 21.4 Å². The maximum Gasteiger partial charge on any atom is 0.221 e. The first-order valence-corrected chi connectivity index (χ1v) is 10.1. The van der Waals surface area contributed by atoms with Crippen molar-refractivity contribution in [2.75, 3.05) is 14.2 Å². The van der Waals surface area contributed by atoms with Crippen molar-refractivity contribution < 1.29 is 14.3 Å². The lowest BCUT2D eigenvalue weighted by atomic mass is 9.87. The molecule has 0 aliphatic heterocycles. The molecule has 0 saturated heterocycles. The molecular weight excluding hydrogens is 390 g/mol. The Morgan fingerprint density at radius 3 is 2.61 bits per heavy atom. The van der Waals surface area contributed by atoms with Gasteiger partial charge in [0.15, 0.2) is 0 Å². The van der Waals surface area contributed by atoms with Crippen LogP contribution in [0, 0.1) is 0 Å². The second-order valence-electron chi connectivity index (χ2n) is 7.29. The number of nitrogens with one attached hydrogen (secondary N) is 2. The number of fused-ring (bicyclic) bond motifs is 1. The average molecular weight is 415 g/mol. The zero-order valence-electron chi connectivity index (χ0n) is 17.6. The molecule has 1 amide bonds. The summed E-state index contributed by atoms with van der Waals surface area (Å²) < 4.78 is 11.0. The van der Waals surface area contributed by atoms with Gasteiger partial charge in [0.05, 0.1) is 14.2 Å². The zero-order chi connectivity index (χ0) is 21.6. The van der Waals surface area contributed by atoms with Crippen LogP contribution in [-0.2, 0) is 11.3 Å². The van der Waals surface area contributed by atoms with E-state index in [9.17, 15) is 4.79 Å². The Balaban J connectivity index is 1.67. The highest BCUT2D eigenvalue weighted by Crippen LogP contribution is 2.39. The summed E-state index contributed by atoms with van der Waals surface area (Å²) in [5.41, 5.74) is 4.03. The van der Waals surface area contributed by atoms with Gasteiger partial charge in [-0.2, -0.15) is 0 Å². The van der Waals surface area contributed by atoms with Crippen molar-refractivity contribution in [2.24, 2.45) is 0 Å². The third kappa shape index (κ3) is 4.53. The van der Waals surface area contributed by atoms with Crippen molar-refractivity contribution in [3.63, 3.8) is 0 Å². The van der Waals surface area contributed by atoms with Crippen LogP contribution < -0.4 is 14.8 Å². The summed E-state index contributed by atoms with van der Waals surface area (Å²) in [5.74, 6) is 1.18. The molecule has 0 fully saturated rings. The van der Waals surface area contributed by atoms with E-state index >= 15 is 0 Å². The first-order chi connectivity index (χ1) is 15.2. The minimum Gasteiger partial charge on any atom is -0.497 e. The summed E-state index contributed by atoms with van der Waals surface area (Å²) in [4.78, 5) is 20.3. The minimum absolute atomic E-state index is 0.0371. The van der Waals surface area contributed by atoms with Crippen LogP contribution in [0.3, 0.4) is 0 Å². The molecule has 2 aromatic carbocycles. The van der Waals surface area contributed by atoms with E-state index in [4.69, 9.17) is 9.47 Å². The van der Waals surface area contributed by atoms with Crippen LogP contribution >= 0.6 is 0 Å². The standard InChI is InChI=1S/C25H25N3O3/c1-30-18-7-8-20(24(13-18)31-2)21(22-16-27-23-6-4-3-5-19(22)23)14-25(29)28-15-17-9-11-26-12-10-17/h3-13,16,21,27H,14-15H2,1-2H3,(H,28,29). The van der Waals surface area contributed by atoms with Crippen LogP contribution in [0.2, 0.25) is 0 Å². The molecule has 2 N–H and O–H groups in total. The highest BCUT2D eigenvalue weighted by atomic mass is 16.5. The van der Waals surface area contributed by atoms with Gasteiger partial charge in [-0.15, -0.1) is 0 Å².